The van der Waals surface area contributed by atoms with Gasteiger partial charge >= 0.3 is 12.3 Å². The Morgan fingerprint density at radius 2 is 2.06 bits per heavy atom. The summed E-state index contributed by atoms with van der Waals surface area (Å²) in [6.07, 6.45) is -4.00. The van der Waals surface area contributed by atoms with Gasteiger partial charge in [0.15, 0.2) is 0 Å². The van der Waals surface area contributed by atoms with Crippen molar-refractivity contribution in [3.8, 4) is 0 Å². The van der Waals surface area contributed by atoms with Crippen LogP contribution >= 0.6 is 11.3 Å². The molecule has 102 valence electrons. The average Bonchev–Trinajstić information content (AvgIpc) is 2.79. The SMILES string of the molecule is CC(C)(CNC(=O)C(F)(F)C(F)F)c1cccs1. The van der Waals surface area contributed by atoms with Crippen LogP contribution in [0.5, 0.6) is 0 Å². The molecule has 0 radical (unpaired) electrons. The third-order valence-corrected chi connectivity index (χ3v) is 3.69. The maximum absolute atomic E-state index is 12.7. The van der Waals surface area contributed by atoms with Crippen LogP contribution in [0.1, 0.15) is 18.7 Å². The molecule has 0 aliphatic carbocycles. The molecule has 0 aromatic carbocycles. The van der Waals surface area contributed by atoms with E-state index in [1.165, 1.54) is 11.3 Å². The summed E-state index contributed by atoms with van der Waals surface area (Å²) in [6.45, 7) is 3.34. The fourth-order valence-corrected chi connectivity index (χ4v) is 2.12. The van der Waals surface area contributed by atoms with E-state index in [2.05, 4.69) is 0 Å². The van der Waals surface area contributed by atoms with Crippen LogP contribution in [0.15, 0.2) is 17.5 Å². The minimum absolute atomic E-state index is 0.130. The minimum atomic E-state index is -4.65. The summed E-state index contributed by atoms with van der Waals surface area (Å²) < 4.78 is 49.3. The van der Waals surface area contributed by atoms with Gasteiger partial charge in [-0.1, -0.05) is 19.9 Å². The van der Waals surface area contributed by atoms with Gasteiger partial charge in [-0.2, -0.15) is 8.78 Å². The summed E-state index contributed by atoms with van der Waals surface area (Å²) in [5.74, 6) is -6.59. The van der Waals surface area contributed by atoms with Crippen LogP contribution in [-0.2, 0) is 10.2 Å². The Morgan fingerprint density at radius 1 is 1.44 bits per heavy atom. The van der Waals surface area contributed by atoms with Crippen LogP contribution in [-0.4, -0.2) is 24.8 Å². The Kier molecular flexibility index (Phi) is 4.37. The van der Waals surface area contributed by atoms with E-state index in [4.69, 9.17) is 0 Å². The molecule has 1 aromatic rings. The molecule has 0 saturated heterocycles. The average molecular weight is 283 g/mol. The van der Waals surface area contributed by atoms with E-state index in [1.807, 2.05) is 10.7 Å². The molecule has 1 amide bonds. The number of amides is 1. The van der Waals surface area contributed by atoms with Crippen LogP contribution in [0.3, 0.4) is 0 Å². The van der Waals surface area contributed by atoms with Crippen molar-refractivity contribution < 1.29 is 22.4 Å². The zero-order valence-corrected chi connectivity index (χ0v) is 10.7. The largest absolute Gasteiger partial charge is 0.383 e. The van der Waals surface area contributed by atoms with Crippen LogP contribution in [0.2, 0.25) is 0 Å². The van der Waals surface area contributed by atoms with Gasteiger partial charge in [0.2, 0.25) is 0 Å². The highest BCUT2D eigenvalue weighted by Gasteiger charge is 2.49. The Labute approximate surface area is 106 Å². The van der Waals surface area contributed by atoms with Crippen molar-refractivity contribution >= 4 is 17.2 Å². The lowest BCUT2D eigenvalue weighted by molar-refractivity contribution is -0.169. The molecular weight excluding hydrogens is 270 g/mol. The first-order chi connectivity index (χ1) is 8.18. The standard InChI is InChI=1S/C11H13F4NOS/c1-10(2,7-4-3-5-18-7)6-16-9(17)11(14,15)8(12)13/h3-5,8H,6H2,1-2H3,(H,16,17). The summed E-state index contributed by atoms with van der Waals surface area (Å²) >= 11 is 1.41. The quantitative estimate of drug-likeness (QED) is 0.827. The Morgan fingerprint density at radius 3 is 2.50 bits per heavy atom. The van der Waals surface area contributed by atoms with E-state index in [-0.39, 0.29) is 6.54 Å². The van der Waals surface area contributed by atoms with Crippen LogP contribution < -0.4 is 5.32 Å². The van der Waals surface area contributed by atoms with E-state index in [1.54, 1.807) is 26.0 Å². The molecule has 0 saturated carbocycles. The molecule has 1 aromatic heterocycles. The van der Waals surface area contributed by atoms with E-state index in [0.29, 0.717) is 0 Å². The Hall–Kier alpha value is -1.11. The van der Waals surface area contributed by atoms with Crippen molar-refractivity contribution in [1.82, 2.24) is 5.32 Å². The maximum Gasteiger partial charge on any atom is 0.383 e. The van der Waals surface area contributed by atoms with Crippen molar-refractivity contribution in [3.63, 3.8) is 0 Å². The number of hydrogen-bond donors (Lipinski definition) is 1. The van der Waals surface area contributed by atoms with Gasteiger partial charge in [0.05, 0.1) is 0 Å². The lowest BCUT2D eigenvalue weighted by Crippen LogP contribution is -2.48. The first-order valence-electron chi connectivity index (χ1n) is 5.16. The summed E-state index contributed by atoms with van der Waals surface area (Å²) in [7, 11) is 0. The van der Waals surface area contributed by atoms with E-state index in [9.17, 15) is 22.4 Å². The second-order valence-electron chi connectivity index (χ2n) is 4.47. The first-order valence-corrected chi connectivity index (χ1v) is 6.04. The molecule has 1 heterocycles. The number of alkyl halides is 4. The molecule has 1 rings (SSSR count). The molecule has 0 spiro atoms. The zero-order chi connectivity index (χ0) is 14.0. The predicted octanol–water partition coefficient (Wildman–Crippen LogP) is 3.04. The monoisotopic (exact) mass is 283 g/mol. The van der Waals surface area contributed by atoms with E-state index < -0.39 is 23.7 Å². The highest BCUT2D eigenvalue weighted by atomic mass is 32.1. The van der Waals surface area contributed by atoms with Crippen LogP contribution in [0.25, 0.3) is 0 Å². The van der Waals surface area contributed by atoms with Gasteiger partial charge in [0.25, 0.3) is 5.91 Å². The Bertz CT molecular complexity index is 403. The third kappa shape index (κ3) is 3.22. The molecule has 0 bridgehead atoms. The summed E-state index contributed by atoms with van der Waals surface area (Å²) in [5, 5.41) is 3.68. The number of nitrogens with one attached hydrogen (secondary N) is 1. The van der Waals surface area contributed by atoms with Crippen molar-refractivity contribution in [3.05, 3.63) is 22.4 Å². The smallest absolute Gasteiger partial charge is 0.350 e. The molecule has 0 aliphatic rings. The molecule has 2 nitrogen and oxygen atoms in total. The normalized spacial score (nSPS) is 12.8. The maximum atomic E-state index is 12.7. The molecular formula is C11H13F4NOS. The molecule has 0 atom stereocenters. The summed E-state index contributed by atoms with van der Waals surface area (Å²) in [4.78, 5) is 11.9. The lowest BCUT2D eigenvalue weighted by atomic mass is 9.91. The molecule has 0 aliphatic heterocycles. The molecule has 1 N–H and O–H groups in total. The number of rotatable bonds is 5. The van der Waals surface area contributed by atoms with Crippen LogP contribution in [0, 0.1) is 0 Å². The molecule has 0 fully saturated rings. The number of hydrogen-bond acceptors (Lipinski definition) is 2. The second-order valence-corrected chi connectivity index (χ2v) is 5.42. The van der Waals surface area contributed by atoms with Crippen LogP contribution in [0.4, 0.5) is 17.6 Å². The fraction of sp³-hybridized carbons (Fsp3) is 0.545. The Balaban J connectivity index is 2.64. The number of halogens is 4. The molecule has 0 unspecified atom stereocenters. The predicted molar refractivity (Wildman–Crippen MR) is 61.3 cm³/mol. The highest BCUT2D eigenvalue weighted by Crippen LogP contribution is 2.28. The fourth-order valence-electron chi connectivity index (χ4n) is 1.27. The van der Waals surface area contributed by atoms with Gasteiger partial charge in [-0.05, 0) is 11.4 Å². The summed E-state index contributed by atoms with van der Waals surface area (Å²) in [5.41, 5.74) is -0.581. The number of thiophene rings is 1. The van der Waals surface area contributed by atoms with Gasteiger partial charge in [0.1, 0.15) is 0 Å². The zero-order valence-electron chi connectivity index (χ0n) is 9.84. The van der Waals surface area contributed by atoms with Crippen molar-refractivity contribution in [2.45, 2.75) is 31.6 Å². The third-order valence-electron chi connectivity index (χ3n) is 2.46. The lowest BCUT2D eigenvalue weighted by Gasteiger charge is -2.25. The highest BCUT2D eigenvalue weighted by molar-refractivity contribution is 7.10. The molecule has 7 heteroatoms. The minimum Gasteiger partial charge on any atom is -0.350 e. The van der Waals surface area contributed by atoms with E-state index >= 15 is 0 Å². The second kappa shape index (κ2) is 5.26. The van der Waals surface area contributed by atoms with Gasteiger partial charge in [-0.15, -0.1) is 11.3 Å². The number of carbonyl (C=O) groups excluding carboxylic acids is 1. The van der Waals surface area contributed by atoms with Crippen molar-refractivity contribution in [2.24, 2.45) is 0 Å². The topological polar surface area (TPSA) is 29.1 Å². The first kappa shape index (κ1) is 14.9. The van der Waals surface area contributed by atoms with Gasteiger partial charge < -0.3 is 5.32 Å². The van der Waals surface area contributed by atoms with Gasteiger partial charge in [-0.3, -0.25) is 4.79 Å². The van der Waals surface area contributed by atoms with Gasteiger partial charge in [0, 0.05) is 16.8 Å². The van der Waals surface area contributed by atoms with E-state index in [0.717, 1.165) is 4.88 Å². The summed E-state index contributed by atoms with van der Waals surface area (Å²) in [6, 6.07) is 3.58. The van der Waals surface area contributed by atoms with Crippen molar-refractivity contribution in [2.75, 3.05) is 6.54 Å². The van der Waals surface area contributed by atoms with Crippen molar-refractivity contribution in [1.29, 1.82) is 0 Å². The molecule has 18 heavy (non-hydrogen) atoms. The van der Waals surface area contributed by atoms with Gasteiger partial charge in [-0.25, -0.2) is 8.78 Å². The number of carbonyl (C=O) groups is 1.